The molecule has 1 atom stereocenters. The number of pyridine rings is 1. The summed E-state index contributed by atoms with van der Waals surface area (Å²) in [6.45, 7) is 6.29. The lowest BCUT2D eigenvalue weighted by Crippen LogP contribution is -3.00. The summed E-state index contributed by atoms with van der Waals surface area (Å²) in [4.78, 5) is 12.8. The molecule has 2 aromatic rings. The first-order chi connectivity index (χ1) is 10.1. The Balaban J connectivity index is 0.00000242. The Kier molecular flexibility index (Phi) is 7.26. The van der Waals surface area contributed by atoms with Crippen LogP contribution in [0, 0.1) is 13.8 Å². The molecule has 0 aliphatic rings. The highest BCUT2D eigenvalue weighted by Crippen LogP contribution is 2.18. The number of hydrogen-bond donors (Lipinski definition) is 0. The molecule has 0 bridgehead atoms. The van der Waals surface area contributed by atoms with Gasteiger partial charge in [-0.1, -0.05) is 31.2 Å². The molecular formula is C19H24ClNO. The minimum Gasteiger partial charge on any atom is -1.00 e. The maximum absolute atomic E-state index is 12.8. The highest BCUT2D eigenvalue weighted by atomic mass is 35.5. The SMILES string of the molecule is CCCC(C(=O)Cc1c(C)cccc1C)[n+]1ccccc1.[Cl-]. The van der Waals surface area contributed by atoms with Gasteiger partial charge >= 0.3 is 0 Å². The van der Waals surface area contributed by atoms with E-state index in [1.54, 1.807) is 0 Å². The summed E-state index contributed by atoms with van der Waals surface area (Å²) in [7, 11) is 0. The molecule has 1 aromatic heterocycles. The Morgan fingerprint density at radius 3 is 2.18 bits per heavy atom. The molecule has 1 unspecified atom stereocenters. The molecule has 0 spiro atoms. The van der Waals surface area contributed by atoms with Crippen LogP contribution in [0.2, 0.25) is 0 Å². The number of halogens is 1. The molecule has 0 radical (unpaired) electrons. The van der Waals surface area contributed by atoms with Crippen molar-refractivity contribution in [3.05, 3.63) is 65.5 Å². The van der Waals surface area contributed by atoms with Crippen LogP contribution in [0.4, 0.5) is 0 Å². The lowest BCUT2D eigenvalue weighted by molar-refractivity contribution is -0.709. The van der Waals surface area contributed by atoms with Gasteiger partial charge in [0.15, 0.2) is 12.4 Å². The molecule has 118 valence electrons. The molecule has 0 aliphatic carbocycles. The molecule has 0 saturated heterocycles. The van der Waals surface area contributed by atoms with Crippen LogP contribution in [0.3, 0.4) is 0 Å². The zero-order chi connectivity index (χ0) is 15.2. The van der Waals surface area contributed by atoms with E-state index in [-0.39, 0.29) is 18.4 Å². The van der Waals surface area contributed by atoms with Crippen molar-refractivity contribution in [2.45, 2.75) is 46.1 Å². The highest BCUT2D eigenvalue weighted by Gasteiger charge is 2.26. The Bertz CT molecular complexity index is 590. The molecule has 0 amide bonds. The summed E-state index contributed by atoms with van der Waals surface area (Å²) in [6, 6.07) is 12.1. The molecule has 1 heterocycles. The van der Waals surface area contributed by atoms with Crippen LogP contribution in [0.25, 0.3) is 0 Å². The Labute approximate surface area is 139 Å². The molecule has 2 nitrogen and oxygen atoms in total. The number of hydrogen-bond acceptors (Lipinski definition) is 1. The molecule has 22 heavy (non-hydrogen) atoms. The standard InChI is InChI=1S/C19H24NO.ClH/c1-4-9-18(20-12-6-5-7-13-20)19(21)14-17-15(2)10-8-11-16(17)3;/h5-8,10-13,18H,4,9,14H2,1-3H3;1H/q+1;/p-1. The minimum absolute atomic E-state index is 0. The van der Waals surface area contributed by atoms with Gasteiger partial charge in [0.25, 0.3) is 0 Å². The van der Waals surface area contributed by atoms with E-state index in [4.69, 9.17) is 0 Å². The van der Waals surface area contributed by atoms with E-state index in [2.05, 4.69) is 32.9 Å². The van der Waals surface area contributed by atoms with Gasteiger partial charge in [0.05, 0.1) is 0 Å². The van der Waals surface area contributed by atoms with Crippen LogP contribution >= 0.6 is 0 Å². The lowest BCUT2D eigenvalue weighted by Gasteiger charge is -2.13. The summed E-state index contributed by atoms with van der Waals surface area (Å²) >= 11 is 0. The van der Waals surface area contributed by atoms with Crippen molar-refractivity contribution in [1.29, 1.82) is 0 Å². The molecule has 2 rings (SSSR count). The third kappa shape index (κ3) is 4.41. The minimum atomic E-state index is -0.0600. The summed E-state index contributed by atoms with van der Waals surface area (Å²) in [6.07, 6.45) is 6.39. The normalized spacial score (nSPS) is 11.6. The molecular weight excluding hydrogens is 294 g/mol. The third-order valence-electron chi connectivity index (χ3n) is 4.03. The lowest BCUT2D eigenvalue weighted by atomic mass is 9.94. The number of aryl methyl sites for hydroxylation is 2. The van der Waals surface area contributed by atoms with E-state index < -0.39 is 0 Å². The van der Waals surface area contributed by atoms with Crippen molar-refractivity contribution in [2.75, 3.05) is 0 Å². The van der Waals surface area contributed by atoms with Gasteiger partial charge in [0.1, 0.15) is 0 Å². The van der Waals surface area contributed by atoms with Gasteiger partial charge in [0.2, 0.25) is 11.8 Å². The van der Waals surface area contributed by atoms with Crippen molar-refractivity contribution in [2.24, 2.45) is 0 Å². The van der Waals surface area contributed by atoms with E-state index >= 15 is 0 Å². The van der Waals surface area contributed by atoms with Crippen LogP contribution in [0.15, 0.2) is 48.8 Å². The van der Waals surface area contributed by atoms with Gasteiger partial charge in [-0.05, 0) is 37.0 Å². The smallest absolute Gasteiger partial charge is 0.216 e. The van der Waals surface area contributed by atoms with E-state index in [9.17, 15) is 4.79 Å². The maximum atomic E-state index is 12.8. The van der Waals surface area contributed by atoms with Gasteiger partial charge in [0, 0.05) is 25.0 Å². The number of aromatic nitrogens is 1. The van der Waals surface area contributed by atoms with Gasteiger partial charge in [-0.25, -0.2) is 0 Å². The van der Waals surface area contributed by atoms with Gasteiger partial charge < -0.3 is 12.4 Å². The van der Waals surface area contributed by atoms with E-state index in [1.165, 1.54) is 16.7 Å². The first-order valence-corrected chi connectivity index (χ1v) is 7.67. The van der Waals surface area contributed by atoms with Crippen molar-refractivity contribution in [3.63, 3.8) is 0 Å². The van der Waals surface area contributed by atoms with Crippen LogP contribution in [0.5, 0.6) is 0 Å². The first-order valence-electron chi connectivity index (χ1n) is 7.67. The van der Waals surface area contributed by atoms with Crippen molar-refractivity contribution in [1.82, 2.24) is 0 Å². The second-order valence-electron chi connectivity index (χ2n) is 5.64. The quantitative estimate of drug-likeness (QED) is 0.720. The fourth-order valence-corrected chi connectivity index (χ4v) is 2.79. The van der Waals surface area contributed by atoms with Crippen LogP contribution in [0.1, 0.15) is 42.5 Å². The zero-order valence-corrected chi connectivity index (χ0v) is 14.3. The Morgan fingerprint density at radius 2 is 1.64 bits per heavy atom. The second kappa shape index (κ2) is 8.70. The average Bonchev–Trinajstić information content (AvgIpc) is 2.49. The fourth-order valence-electron chi connectivity index (χ4n) is 2.79. The Hall–Kier alpha value is -1.67. The molecule has 0 saturated carbocycles. The number of benzene rings is 1. The number of carbonyl (C=O) groups is 1. The summed E-state index contributed by atoms with van der Waals surface area (Å²) in [5, 5.41) is 0. The predicted molar refractivity (Wildman–Crippen MR) is 85.2 cm³/mol. The van der Waals surface area contributed by atoms with Crippen molar-refractivity contribution in [3.8, 4) is 0 Å². The Morgan fingerprint density at radius 1 is 1.05 bits per heavy atom. The third-order valence-corrected chi connectivity index (χ3v) is 4.03. The molecule has 0 fully saturated rings. The summed E-state index contributed by atoms with van der Waals surface area (Å²) < 4.78 is 2.04. The van der Waals surface area contributed by atoms with E-state index in [1.807, 2.05) is 41.2 Å². The van der Waals surface area contributed by atoms with Gasteiger partial charge in [-0.3, -0.25) is 4.79 Å². The number of nitrogens with zero attached hydrogens (tertiary/aromatic N) is 1. The summed E-state index contributed by atoms with van der Waals surface area (Å²) in [5.41, 5.74) is 3.59. The largest absolute Gasteiger partial charge is 1.00 e. The van der Waals surface area contributed by atoms with Gasteiger partial charge in [-0.2, -0.15) is 4.57 Å². The average molecular weight is 318 g/mol. The molecule has 0 N–H and O–H groups in total. The predicted octanol–water partition coefficient (Wildman–Crippen LogP) is 0.748. The molecule has 1 aromatic carbocycles. The van der Waals surface area contributed by atoms with Crippen molar-refractivity contribution >= 4 is 5.78 Å². The number of ketones is 1. The maximum Gasteiger partial charge on any atom is 0.216 e. The van der Waals surface area contributed by atoms with E-state index in [0.29, 0.717) is 12.2 Å². The topological polar surface area (TPSA) is 20.9 Å². The zero-order valence-electron chi connectivity index (χ0n) is 13.6. The number of rotatable bonds is 6. The monoisotopic (exact) mass is 317 g/mol. The molecule has 0 aliphatic heterocycles. The molecule has 3 heteroatoms. The van der Waals surface area contributed by atoms with Crippen LogP contribution < -0.4 is 17.0 Å². The van der Waals surface area contributed by atoms with Crippen LogP contribution in [-0.4, -0.2) is 5.78 Å². The fraction of sp³-hybridized carbons (Fsp3) is 0.368. The highest BCUT2D eigenvalue weighted by molar-refractivity contribution is 5.83. The second-order valence-corrected chi connectivity index (χ2v) is 5.64. The summed E-state index contributed by atoms with van der Waals surface area (Å²) in [5.74, 6) is 0.297. The number of Topliss-reactive ketones (excluding diaryl/α,β-unsaturated/α-hetero) is 1. The number of carbonyl (C=O) groups excluding carboxylic acids is 1. The van der Waals surface area contributed by atoms with E-state index in [0.717, 1.165) is 12.8 Å². The van der Waals surface area contributed by atoms with Gasteiger partial charge in [-0.15, -0.1) is 0 Å². The first kappa shape index (κ1) is 18.4. The van der Waals surface area contributed by atoms with Crippen molar-refractivity contribution < 1.29 is 21.8 Å². The van der Waals surface area contributed by atoms with Crippen LogP contribution in [-0.2, 0) is 11.2 Å².